The van der Waals surface area contributed by atoms with Crippen molar-refractivity contribution in [3.05, 3.63) is 94.5 Å². The van der Waals surface area contributed by atoms with Crippen LogP contribution in [-0.4, -0.2) is 30.6 Å². The van der Waals surface area contributed by atoms with Crippen LogP contribution in [0.25, 0.3) is 11.1 Å². The highest BCUT2D eigenvalue weighted by Crippen LogP contribution is 2.38. The molecule has 3 nitrogen and oxygen atoms in total. The van der Waals surface area contributed by atoms with E-state index in [1.165, 1.54) is 24.3 Å². The zero-order valence-electron chi connectivity index (χ0n) is 24.6. The largest absolute Gasteiger partial charge is 0.466 e. The Kier molecular flexibility index (Phi) is 10.3. The molecule has 3 aromatic carbocycles. The van der Waals surface area contributed by atoms with E-state index < -0.39 is 29.4 Å². The fourth-order valence-corrected chi connectivity index (χ4v) is 5.70. The Labute approximate surface area is 248 Å². The molecule has 0 amide bonds. The van der Waals surface area contributed by atoms with E-state index in [4.69, 9.17) is 4.74 Å². The second kappa shape index (κ2) is 13.5. The van der Waals surface area contributed by atoms with Crippen LogP contribution in [-0.2, 0) is 28.4 Å². The molecule has 232 valence electrons. The minimum absolute atomic E-state index is 0.152. The second-order valence-electron chi connectivity index (χ2n) is 11.6. The van der Waals surface area contributed by atoms with Gasteiger partial charge in [0, 0.05) is 6.54 Å². The van der Waals surface area contributed by atoms with Gasteiger partial charge in [0.15, 0.2) is 0 Å². The Morgan fingerprint density at radius 1 is 0.837 bits per heavy atom. The summed E-state index contributed by atoms with van der Waals surface area (Å²) >= 11 is 0. The zero-order chi connectivity index (χ0) is 31.4. The summed E-state index contributed by atoms with van der Waals surface area (Å²) in [5.74, 6) is -0.467. The molecule has 1 fully saturated rings. The van der Waals surface area contributed by atoms with E-state index >= 15 is 0 Å². The fourth-order valence-electron chi connectivity index (χ4n) is 5.70. The molecule has 0 radical (unpaired) electrons. The minimum atomic E-state index is -4.44. The predicted molar refractivity (Wildman–Crippen MR) is 154 cm³/mol. The summed E-state index contributed by atoms with van der Waals surface area (Å²) in [6.07, 6.45) is -6.64. The van der Waals surface area contributed by atoms with Crippen LogP contribution in [0.15, 0.2) is 66.7 Å². The molecule has 1 saturated heterocycles. The standard InChI is InChI=1S/C34H37F6NO2/c1-4-43-32(42)31(17-22(2)3)28-19-26(24-7-11-30(12-8-24)34(38,39)40)18-27(20-28)25-13-15-41(16-14-25)21-23-5-9-29(10-6-23)33(35,36)37/h5-12,18-20,22,25,31H,4,13-17,21H2,1-3H3. The summed E-state index contributed by atoms with van der Waals surface area (Å²) < 4.78 is 83.8. The number of esters is 1. The van der Waals surface area contributed by atoms with Crippen LogP contribution in [0.4, 0.5) is 26.3 Å². The van der Waals surface area contributed by atoms with Crippen LogP contribution in [0.1, 0.15) is 79.7 Å². The van der Waals surface area contributed by atoms with Crippen molar-refractivity contribution in [3.63, 3.8) is 0 Å². The Hall–Kier alpha value is -3.33. The number of carbonyl (C=O) groups is 1. The van der Waals surface area contributed by atoms with Gasteiger partial charge < -0.3 is 4.74 Å². The average molecular weight is 606 g/mol. The van der Waals surface area contributed by atoms with Crippen molar-refractivity contribution in [3.8, 4) is 11.1 Å². The van der Waals surface area contributed by atoms with Gasteiger partial charge in [-0.25, -0.2) is 0 Å². The summed E-state index contributed by atoms with van der Waals surface area (Å²) in [6.45, 7) is 8.07. The van der Waals surface area contributed by atoms with Crippen LogP contribution < -0.4 is 0 Å². The molecule has 0 spiro atoms. The van der Waals surface area contributed by atoms with Gasteiger partial charge in [-0.1, -0.05) is 56.3 Å². The van der Waals surface area contributed by atoms with Crippen molar-refractivity contribution in [1.82, 2.24) is 4.90 Å². The fraction of sp³-hybridized carbons (Fsp3) is 0.441. The van der Waals surface area contributed by atoms with Gasteiger partial charge in [-0.3, -0.25) is 9.69 Å². The van der Waals surface area contributed by atoms with Gasteiger partial charge in [-0.05, 0) is 103 Å². The zero-order valence-corrected chi connectivity index (χ0v) is 24.6. The lowest BCUT2D eigenvalue weighted by Crippen LogP contribution is -2.32. The number of nitrogens with zero attached hydrogens (tertiary/aromatic N) is 1. The number of ether oxygens (including phenoxy) is 1. The summed E-state index contributed by atoms with van der Waals surface area (Å²) in [7, 11) is 0. The molecule has 0 aromatic heterocycles. The number of carbonyl (C=O) groups excluding carboxylic acids is 1. The molecular weight excluding hydrogens is 568 g/mol. The van der Waals surface area contributed by atoms with Gasteiger partial charge in [0.25, 0.3) is 0 Å². The summed E-state index contributed by atoms with van der Waals surface area (Å²) in [4.78, 5) is 15.3. The minimum Gasteiger partial charge on any atom is -0.466 e. The van der Waals surface area contributed by atoms with Crippen molar-refractivity contribution in [2.24, 2.45) is 5.92 Å². The first kappa shape index (κ1) is 32.6. The number of hydrogen-bond donors (Lipinski definition) is 0. The Bertz CT molecular complexity index is 1360. The van der Waals surface area contributed by atoms with E-state index in [1.54, 1.807) is 6.92 Å². The molecule has 0 saturated carbocycles. The summed E-state index contributed by atoms with van der Waals surface area (Å²) in [5.41, 5.74) is 2.58. The van der Waals surface area contributed by atoms with Crippen molar-refractivity contribution in [2.45, 2.75) is 70.8 Å². The number of rotatable bonds is 9. The molecular formula is C34H37F6NO2. The molecule has 9 heteroatoms. The molecule has 1 aliphatic rings. The first-order valence-electron chi connectivity index (χ1n) is 14.6. The molecule has 0 N–H and O–H groups in total. The number of hydrogen-bond acceptors (Lipinski definition) is 3. The third-order valence-electron chi connectivity index (χ3n) is 7.95. The highest BCUT2D eigenvalue weighted by Gasteiger charge is 2.32. The molecule has 4 rings (SSSR count). The highest BCUT2D eigenvalue weighted by atomic mass is 19.4. The van der Waals surface area contributed by atoms with E-state index in [0.717, 1.165) is 72.5 Å². The average Bonchev–Trinajstić information content (AvgIpc) is 2.95. The predicted octanol–water partition coefficient (Wildman–Crippen LogP) is 9.46. The first-order valence-corrected chi connectivity index (χ1v) is 14.6. The van der Waals surface area contributed by atoms with Crippen molar-refractivity contribution >= 4 is 5.97 Å². The second-order valence-corrected chi connectivity index (χ2v) is 11.6. The van der Waals surface area contributed by atoms with Crippen LogP contribution in [0, 0.1) is 5.92 Å². The molecule has 1 unspecified atom stereocenters. The monoisotopic (exact) mass is 605 g/mol. The van der Waals surface area contributed by atoms with Crippen molar-refractivity contribution in [2.75, 3.05) is 19.7 Å². The third-order valence-corrected chi connectivity index (χ3v) is 7.95. The van der Waals surface area contributed by atoms with Gasteiger partial charge in [-0.15, -0.1) is 0 Å². The highest BCUT2D eigenvalue weighted by molar-refractivity contribution is 5.79. The van der Waals surface area contributed by atoms with Gasteiger partial charge >= 0.3 is 18.3 Å². The molecule has 3 aromatic rings. The topological polar surface area (TPSA) is 29.5 Å². The molecule has 1 atom stereocenters. The lowest BCUT2D eigenvalue weighted by atomic mass is 9.82. The molecule has 1 heterocycles. The Morgan fingerprint density at radius 3 is 1.91 bits per heavy atom. The van der Waals surface area contributed by atoms with E-state index in [9.17, 15) is 31.1 Å². The lowest BCUT2D eigenvalue weighted by Gasteiger charge is -2.33. The Morgan fingerprint density at radius 2 is 1.40 bits per heavy atom. The van der Waals surface area contributed by atoms with Crippen LogP contribution in [0.5, 0.6) is 0 Å². The maximum absolute atomic E-state index is 13.2. The van der Waals surface area contributed by atoms with Crippen LogP contribution in [0.3, 0.4) is 0 Å². The van der Waals surface area contributed by atoms with Gasteiger partial charge in [-0.2, -0.15) is 26.3 Å². The van der Waals surface area contributed by atoms with Crippen LogP contribution >= 0.6 is 0 Å². The van der Waals surface area contributed by atoms with Gasteiger partial charge in [0.2, 0.25) is 0 Å². The summed E-state index contributed by atoms with van der Waals surface area (Å²) in [6, 6.07) is 16.2. The normalized spacial score (nSPS) is 16.0. The van der Waals surface area contributed by atoms with E-state index in [1.807, 2.05) is 32.0 Å². The maximum Gasteiger partial charge on any atom is 0.416 e. The smallest absolute Gasteiger partial charge is 0.416 e. The van der Waals surface area contributed by atoms with Crippen molar-refractivity contribution in [1.29, 1.82) is 0 Å². The molecule has 1 aliphatic heterocycles. The molecule has 0 aliphatic carbocycles. The quantitative estimate of drug-likeness (QED) is 0.180. The van der Waals surface area contributed by atoms with Gasteiger partial charge in [0.05, 0.1) is 23.7 Å². The third kappa shape index (κ3) is 8.62. The lowest BCUT2D eigenvalue weighted by molar-refractivity contribution is -0.145. The van der Waals surface area contributed by atoms with Crippen LogP contribution in [0.2, 0.25) is 0 Å². The first-order chi connectivity index (χ1) is 20.2. The van der Waals surface area contributed by atoms with Crippen molar-refractivity contribution < 1.29 is 35.9 Å². The van der Waals surface area contributed by atoms with E-state index in [0.29, 0.717) is 18.5 Å². The van der Waals surface area contributed by atoms with E-state index in [-0.39, 0.29) is 24.4 Å². The summed E-state index contributed by atoms with van der Waals surface area (Å²) in [5, 5.41) is 0. The number of benzene rings is 3. The number of likely N-dealkylation sites (tertiary alicyclic amines) is 1. The van der Waals surface area contributed by atoms with E-state index in [2.05, 4.69) is 4.90 Å². The number of halogens is 6. The van der Waals surface area contributed by atoms with Gasteiger partial charge in [0.1, 0.15) is 0 Å². The SMILES string of the molecule is CCOC(=O)C(CC(C)C)c1cc(-c2ccc(C(F)(F)F)cc2)cc(C2CCN(Cc3ccc(C(F)(F)F)cc3)CC2)c1. The number of piperidine rings is 1. The molecule has 0 bridgehead atoms. The number of alkyl halides is 6. The Balaban J connectivity index is 1.59. The molecule has 43 heavy (non-hydrogen) atoms. The maximum atomic E-state index is 13.2.